The SMILES string of the molecule is Cl.NC(=O)NC1CCN(CCCCC=O)C(c2ccccc2)C1. The largest absolute Gasteiger partial charge is 0.352 e. The van der Waals surface area contributed by atoms with Crippen LogP contribution in [0.3, 0.4) is 0 Å². The number of aldehydes is 1. The van der Waals surface area contributed by atoms with Crippen molar-refractivity contribution in [1.29, 1.82) is 0 Å². The molecule has 6 heteroatoms. The van der Waals surface area contributed by atoms with Crippen molar-refractivity contribution >= 4 is 24.7 Å². The molecule has 0 aromatic heterocycles. The van der Waals surface area contributed by atoms with Gasteiger partial charge in [-0.3, -0.25) is 4.90 Å². The number of urea groups is 1. The van der Waals surface area contributed by atoms with Crippen molar-refractivity contribution in [2.75, 3.05) is 13.1 Å². The molecule has 1 aliphatic rings. The van der Waals surface area contributed by atoms with Crippen LogP contribution in [-0.4, -0.2) is 36.3 Å². The number of benzene rings is 1. The first-order valence-electron chi connectivity index (χ1n) is 7.99. The number of primary amides is 1. The molecule has 1 aromatic carbocycles. The normalized spacial score (nSPS) is 21.2. The highest BCUT2D eigenvalue weighted by atomic mass is 35.5. The molecule has 2 rings (SSSR count). The smallest absolute Gasteiger partial charge is 0.312 e. The van der Waals surface area contributed by atoms with Crippen molar-refractivity contribution in [2.24, 2.45) is 5.73 Å². The number of hydrogen-bond donors (Lipinski definition) is 2. The Morgan fingerprint density at radius 1 is 1.30 bits per heavy atom. The first kappa shape index (κ1) is 19.5. The van der Waals surface area contributed by atoms with Crippen LogP contribution in [0.5, 0.6) is 0 Å². The molecule has 2 amide bonds. The molecule has 1 fully saturated rings. The topological polar surface area (TPSA) is 75.4 Å². The van der Waals surface area contributed by atoms with Crippen molar-refractivity contribution in [3.05, 3.63) is 35.9 Å². The van der Waals surface area contributed by atoms with Crippen molar-refractivity contribution < 1.29 is 9.59 Å². The number of piperidine rings is 1. The Morgan fingerprint density at radius 2 is 2.04 bits per heavy atom. The predicted molar refractivity (Wildman–Crippen MR) is 93.7 cm³/mol. The average molecular weight is 340 g/mol. The summed E-state index contributed by atoms with van der Waals surface area (Å²) >= 11 is 0. The monoisotopic (exact) mass is 339 g/mol. The fourth-order valence-electron chi connectivity index (χ4n) is 3.18. The molecule has 1 heterocycles. The van der Waals surface area contributed by atoms with Gasteiger partial charge in [-0.15, -0.1) is 12.4 Å². The number of nitrogens with two attached hydrogens (primary N) is 1. The third-order valence-electron chi connectivity index (χ3n) is 4.26. The summed E-state index contributed by atoms with van der Waals surface area (Å²) in [6, 6.07) is 10.4. The Labute approximate surface area is 144 Å². The molecule has 128 valence electrons. The van der Waals surface area contributed by atoms with Gasteiger partial charge in [0.05, 0.1) is 0 Å². The average Bonchev–Trinajstić information content (AvgIpc) is 2.53. The minimum Gasteiger partial charge on any atom is -0.352 e. The van der Waals surface area contributed by atoms with Crippen LogP contribution in [0.25, 0.3) is 0 Å². The lowest BCUT2D eigenvalue weighted by Crippen LogP contribution is -2.47. The minimum absolute atomic E-state index is 0. The van der Waals surface area contributed by atoms with Crippen LogP contribution in [0.4, 0.5) is 4.79 Å². The molecule has 1 saturated heterocycles. The molecule has 1 aromatic rings. The Balaban J connectivity index is 0.00000264. The maximum absolute atomic E-state index is 11.1. The number of carbonyl (C=O) groups excluding carboxylic acids is 2. The maximum atomic E-state index is 11.1. The summed E-state index contributed by atoms with van der Waals surface area (Å²) in [4.78, 5) is 24.0. The van der Waals surface area contributed by atoms with Gasteiger partial charge in [0.1, 0.15) is 6.29 Å². The molecular weight excluding hydrogens is 314 g/mol. The zero-order valence-corrected chi connectivity index (χ0v) is 14.1. The molecule has 0 saturated carbocycles. The van der Waals surface area contributed by atoms with E-state index in [1.165, 1.54) is 5.56 Å². The van der Waals surface area contributed by atoms with E-state index in [1.54, 1.807) is 0 Å². The van der Waals surface area contributed by atoms with Crippen LogP contribution in [-0.2, 0) is 4.79 Å². The number of likely N-dealkylation sites (tertiary alicyclic amines) is 1. The lowest BCUT2D eigenvalue weighted by atomic mass is 9.91. The Bertz CT molecular complexity index is 484. The quantitative estimate of drug-likeness (QED) is 0.592. The van der Waals surface area contributed by atoms with Crippen LogP contribution < -0.4 is 11.1 Å². The van der Waals surface area contributed by atoms with E-state index < -0.39 is 6.03 Å². The highest BCUT2D eigenvalue weighted by Crippen LogP contribution is 2.31. The molecule has 2 atom stereocenters. The number of nitrogens with zero attached hydrogens (tertiary/aromatic N) is 1. The molecule has 1 aliphatic heterocycles. The van der Waals surface area contributed by atoms with E-state index in [0.29, 0.717) is 12.5 Å². The Kier molecular flexibility index (Phi) is 8.66. The maximum Gasteiger partial charge on any atom is 0.312 e. The van der Waals surface area contributed by atoms with Gasteiger partial charge in [-0.1, -0.05) is 30.3 Å². The molecule has 2 unspecified atom stereocenters. The van der Waals surface area contributed by atoms with Crippen LogP contribution in [0, 0.1) is 0 Å². The number of nitrogens with one attached hydrogen (secondary N) is 1. The molecule has 3 N–H and O–H groups in total. The number of halogens is 1. The lowest BCUT2D eigenvalue weighted by Gasteiger charge is -2.40. The van der Waals surface area contributed by atoms with Crippen molar-refractivity contribution in [3.8, 4) is 0 Å². The highest BCUT2D eigenvalue weighted by molar-refractivity contribution is 5.85. The summed E-state index contributed by atoms with van der Waals surface area (Å²) in [5, 5.41) is 2.84. The molecule has 0 bridgehead atoms. The lowest BCUT2D eigenvalue weighted by molar-refractivity contribution is -0.107. The van der Waals surface area contributed by atoms with E-state index in [0.717, 1.165) is 45.1 Å². The van der Waals surface area contributed by atoms with E-state index in [2.05, 4.69) is 22.3 Å². The van der Waals surface area contributed by atoms with E-state index in [9.17, 15) is 9.59 Å². The zero-order chi connectivity index (χ0) is 15.8. The molecule has 23 heavy (non-hydrogen) atoms. The van der Waals surface area contributed by atoms with Gasteiger partial charge in [0.15, 0.2) is 0 Å². The minimum atomic E-state index is -0.448. The van der Waals surface area contributed by atoms with Crippen LogP contribution >= 0.6 is 12.4 Å². The number of rotatable bonds is 7. The second-order valence-corrected chi connectivity index (χ2v) is 5.85. The number of hydrogen-bond acceptors (Lipinski definition) is 3. The fraction of sp³-hybridized carbons (Fsp3) is 0.529. The first-order chi connectivity index (χ1) is 10.7. The van der Waals surface area contributed by atoms with E-state index in [1.807, 2.05) is 18.2 Å². The fourth-order valence-corrected chi connectivity index (χ4v) is 3.18. The number of unbranched alkanes of at least 4 members (excludes halogenated alkanes) is 2. The third kappa shape index (κ3) is 6.20. The second kappa shape index (κ2) is 10.2. The number of amides is 2. The van der Waals surface area contributed by atoms with E-state index in [4.69, 9.17) is 5.73 Å². The standard InChI is InChI=1S/C17H25N3O2.ClH/c18-17(22)19-15-9-11-20(10-5-2-6-12-21)16(13-15)14-7-3-1-4-8-14;/h1,3-4,7-8,12,15-16H,2,5-6,9-11,13H2,(H3,18,19,22);1H. The van der Waals surface area contributed by atoms with E-state index >= 15 is 0 Å². The Hall–Kier alpha value is -1.59. The van der Waals surface area contributed by atoms with Gasteiger partial charge in [0, 0.05) is 25.0 Å². The highest BCUT2D eigenvalue weighted by Gasteiger charge is 2.29. The van der Waals surface area contributed by atoms with Gasteiger partial charge in [-0.2, -0.15) is 0 Å². The van der Waals surface area contributed by atoms with Gasteiger partial charge in [-0.25, -0.2) is 4.79 Å². The summed E-state index contributed by atoms with van der Waals surface area (Å²) in [7, 11) is 0. The second-order valence-electron chi connectivity index (χ2n) is 5.85. The van der Waals surface area contributed by atoms with Crippen molar-refractivity contribution in [1.82, 2.24) is 10.2 Å². The summed E-state index contributed by atoms with van der Waals surface area (Å²) in [5.41, 5.74) is 6.53. The molecule has 0 aliphatic carbocycles. The molecule has 5 nitrogen and oxygen atoms in total. The number of carbonyl (C=O) groups is 2. The van der Waals surface area contributed by atoms with Crippen molar-refractivity contribution in [3.63, 3.8) is 0 Å². The summed E-state index contributed by atoms with van der Waals surface area (Å²) < 4.78 is 0. The van der Waals surface area contributed by atoms with Crippen LogP contribution in [0.15, 0.2) is 30.3 Å². The van der Waals surface area contributed by atoms with E-state index in [-0.39, 0.29) is 18.4 Å². The van der Waals surface area contributed by atoms with Crippen molar-refractivity contribution in [2.45, 2.75) is 44.2 Å². The third-order valence-corrected chi connectivity index (χ3v) is 4.26. The predicted octanol–water partition coefficient (Wildman–Crippen LogP) is 2.65. The van der Waals surface area contributed by atoms with Gasteiger partial charge in [0.25, 0.3) is 0 Å². The molecule has 0 spiro atoms. The van der Waals surface area contributed by atoms with Gasteiger partial charge in [0.2, 0.25) is 0 Å². The van der Waals surface area contributed by atoms with Gasteiger partial charge < -0.3 is 15.8 Å². The van der Waals surface area contributed by atoms with Gasteiger partial charge in [-0.05, 0) is 37.8 Å². The van der Waals surface area contributed by atoms with Crippen LogP contribution in [0.1, 0.15) is 43.7 Å². The Morgan fingerprint density at radius 3 is 2.70 bits per heavy atom. The summed E-state index contributed by atoms with van der Waals surface area (Å²) in [5.74, 6) is 0. The first-order valence-corrected chi connectivity index (χ1v) is 7.99. The summed E-state index contributed by atoms with van der Waals surface area (Å²) in [6.07, 6.45) is 5.37. The zero-order valence-electron chi connectivity index (χ0n) is 13.3. The molecular formula is C17H26ClN3O2. The van der Waals surface area contributed by atoms with Crippen LogP contribution in [0.2, 0.25) is 0 Å². The summed E-state index contributed by atoms with van der Waals surface area (Å²) in [6.45, 7) is 1.92. The van der Waals surface area contributed by atoms with Gasteiger partial charge >= 0.3 is 6.03 Å². The molecule has 0 radical (unpaired) electrons.